The van der Waals surface area contributed by atoms with Crippen LogP contribution in [0.1, 0.15) is 174 Å². The number of aromatic nitrogens is 6. The molecule has 0 spiro atoms. The van der Waals surface area contributed by atoms with Crippen molar-refractivity contribution in [2.75, 3.05) is 0 Å². The summed E-state index contributed by atoms with van der Waals surface area (Å²) in [5.41, 5.74) is 6.73. The molecule has 0 amide bonds. The summed E-state index contributed by atoms with van der Waals surface area (Å²) >= 11 is 0. The topological polar surface area (TPSA) is 82.9 Å². The second kappa shape index (κ2) is 15.0. The van der Waals surface area contributed by atoms with Crippen LogP contribution >= 0.6 is 0 Å². The summed E-state index contributed by atoms with van der Waals surface area (Å²) in [5.74, 6) is 2.13. The van der Waals surface area contributed by atoms with Gasteiger partial charge >= 0.3 is 7.12 Å². The van der Waals surface area contributed by atoms with Crippen LogP contribution in [0.5, 0.6) is 0 Å². The Morgan fingerprint density at radius 3 is 0.927 bits per heavy atom. The van der Waals surface area contributed by atoms with Gasteiger partial charge in [0.2, 0.25) is 0 Å². The van der Waals surface area contributed by atoms with E-state index in [0.717, 1.165) is 17.1 Å². The van der Waals surface area contributed by atoms with E-state index in [9.17, 15) is 0 Å². The van der Waals surface area contributed by atoms with Gasteiger partial charge in [-0.1, -0.05) is 83.1 Å². The standard InChI is InChI=1S/C27H46BN6.C4H10O2.Ni/c1-16(2)22-13-25(19(7)8)32(29-22)28(33-26(20(9)10)14-23(30-33)17(3)4)34-27(21(11)12)15-24(31-34)18(5)6;1-4(2,3)6-5;/h13-21,28H,1-12H3;5H,1-3H3;/q-1;;. The van der Waals surface area contributed by atoms with Crippen LogP contribution in [0.3, 0.4) is 0 Å². The molecule has 0 aliphatic rings. The van der Waals surface area contributed by atoms with Crippen LogP contribution in [-0.2, 0) is 21.4 Å². The van der Waals surface area contributed by atoms with Gasteiger partial charge in [0.15, 0.2) is 0 Å². The normalized spacial score (nSPS) is 12.4. The second-order valence-electron chi connectivity index (χ2n) is 14.0. The van der Waals surface area contributed by atoms with Gasteiger partial charge in [0, 0.05) is 33.6 Å². The summed E-state index contributed by atoms with van der Waals surface area (Å²) in [6, 6.07) is 6.87. The Morgan fingerprint density at radius 2 is 0.780 bits per heavy atom. The largest absolute Gasteiger partial charge is 0.400 e. The second-order valence-corrected chi connectivity index (χ2v) is 14.0. The first-order chi connectivity index (χ1) is 18.4. The molecule has 1 N–H and O–H groups in total. The summed E-state index contributed by atoms with van der Waals surface area (Å²) in [4.78, 5) is 3.94. The molecule has 41 heavy (non-hydrogen) atoms. The van der Waals surface area contributed by atoms with Crippen LogP contribution in [0, 0.1) is 0 Å². The maximum absolute atomic E-state index is 7.90. The van der Waals surface area contributed by atoms with E-state index in [2.05, 4.69) is 120 Å². The average Bonchev–Trinajstić information content (AvgIpc) is 3.57. The fraction of sp³-hybridized carbons (Fsp3) is 0.710. The molecule has 0 bridgehead atoms. The van der Waals surface area contributed by atoms with Crippen molar-refractivity contribution in [2.45, 2.75) is 145 Å². The Labute approximate surface area is 259 Å². The third-order valence-corrected chi connectivity index (χ3v) is 7.12. The Bertz CT molecular complexity index is 1080. The maximum Gasteiger partial charge on any atom is 0.326 e. The van der Waals surface area contributed by atoms with Gasteiger partial charge in [0.1, 0.15) is 0 Å². The third-order valence-electron chi connectivity index (χ3n) is 7.12. The Kier molecular flexibility index (Phi) is 13.6. The van der Waals surface area contributed by atoms with Gasteiger partial charge in [-0.05, 0) is 74.5 Å². The van der Waals surface area contributed by atoms with Crippen LogP contribution < -0.4 is 0 Å². The molecule has 3 rings (SSSR count). The molecule has 236 valence electrons. The Morgan fingerprint density at radius 1 is 0.561 bits per heavy atom. The zero-order valence-corrected chi connectivity index (χ0v) is 29.2. The van der Waals surface area contributed by atoms with E-state index in [1.165, 1.54) is 17.1 Å². The quantitative estimate of drug-likeness (QED) is 0.150. The molecule has 0 fully saturated rings. The van der Waals surface area contributed by atoms with Gasteiger partial charge in [-0.15, -0.1) is 0 Å². The minimum absolute atomic E-state index is 0. The molecule has 8 nitrogen and oxygen atoms in total. The fourth-order valence-electron chi connectivity index (χ4n) is 4.66. The molecule has 0 aliphatic heterocycles. The van der Waals surface area contributed by atoms with E-state index in [4.69, 9.17) is 20.6 Å². The molecule has 0 aliphatic carbocycles. The van der Waals surface area contributed by atoms with Crippen LogP contribution in [0.25, 0.3) is 0 Å². The molecular formula is C31H56BN6NiO2-. The predicted molar refractivity (Wildman–Crippen MR) is 168 cm³/mol. The van der Waals surface area contributed by atoms with Gasteiger partial charge < -0.3 is 13.8 Å². The number of hydrogen-bond donors (Lipinski definition) is 1. The molecule has 0 aromatic carbocycles. The van der Waals surface area contributed by atoms with E-state index in [0.29, 0.717) is 35.5 Å². The van der Waals surface area contributed by atoms with Crippen molar-refractivity contribution >= 4 is 7.12 Å². The number of rotatable bonds is 9. The molecule has 0 saturated carbocycles. The fourth-order valence-corrected chi connectivity index (χ4v) is 4.66. The van der Waals surface area contributed by atoms with E-state index >= 15 is 0 Å². The van der Waals surface area contributed by atoms with Gasteiger partial charge in [-0.2, -0.15) is 0 Å². The smallest absolute Gasteiger partial charge is 0.326 e. The number of nitrogens with zero attached hydrogens (tertiary/aromatic N) is 6. The molecule has 3 aromatic rings. The molecule has 0 saturated heterocycles. The number of hydrogen-bond acceptors (Lipinski definition) is 5. The third kappa shape index (κ3) is 9.30. The Balaban J connectivity index is 0.00000108. The minimum atomic E-state index is -1.46. The van der Waals surface area contributed by atoms with Crippen LogP contribution in [0.15, 0.2) is 18.2 Å². The van der Waals surface area contributed by atoms with Crippen LogP contribution in [0.2, 0.25) is 0 Å². The Hall–Kier alpha value is -1.89. The van der Waals surface area contributed by atoms with Crippen molar-refractivity contribution in [3.63, 3.8) is 0 Å². The molecule has 10 heteroatoms. The van der Waals surface area contributed by atoms with E-state index in [1.54, 1.807) is 20.8 Å². The summed E-state index contributed by atoms with van der Waals surface area (Å²) in [7, 11) is -1.46. The van der Waals surface area contributed by atoms with Gasteiger partial charge in [-0.25, -0.2) is 20.2 Å². The van der Waals surface area contributed by atoms with Crippen LogP contribution in [0.4, 0.5) is 0 Å². The van der Waals surface area contributed by atoms with Crippen molar-refractivity contribution in [3.8, 4) is 0 Å². The first kappa shape index (κ1) is 37.1. The van der Waals surface area contributed by atoms with E-state index in [-0.39, 0.29) is 16.5 Å². The van der Waals surface area contributed by atoms with Crippen molar-refractivity contribution in [2.24, 2.45) is 0 Å². The van der Waals surface area contributed by atoms with Crippen LogP contribution in [-0.4, -0.2) is 47.1 Å². The monoisotopic (exact) mass is 613 g/mol. The average molecular weight is 614 g/mol. The van der Waals surface area contributed by atoms with E-state index in [1.807, 2.05) is 0 Å². The SMILES string of the molecule is CC(C)(C)OO.CC(C)c1cc(C(C)C)n([BH-](n2nc(C(C)C)cc2C(C)C)n2nc(C(C)C)cc2C(C)C)n1.[Ni]. The minimum Gasteiger partial charge on any atom is -0.400 e. The summed E-state index contributed by atoms with van der Waals surface area (Å²) in [6.07, 6.45) is 0. The van der Waals surface area contributed by atoms with E-state index < -0.39 is 12.7 Å². The summed E-state index contributed by atoms with van der Waals surface area (Å²) < 4.78 is 6.81. The van der Waals surface area contributed by atoms with Crippen molar-refractivity contribution in [3.05, 3.63) is 52.4 Å². The zero-order chi connectivity index (χ0) is 30.7. The molecule has 0 unspecified atom stereocenters. The molecule has 0 radical (unpaired) electrons. The molecular weight excluding hydrogens is 558 g/mol. The van der Waals surface area contributed by atoms with Crippen molar-refractivity contribution in [1.29, 1.82) is 0 Å². The van der Waals surface area contributed by atoms with Crippen molar-refractivity contribution < 1.29 is 26.6 Å². The van der Waals surface area contributed by atoms with Gasteiger partial charge in [0.05, 0.1) is 22.7 Å². The predicted octanol–water partition coefficient (Wildman–Crippen LogP) is 7.95. The van der Waals surface area contributed by atoms with Gasteiger partial charge in [-0.3, -0.25) is 5.26 Å². The zero-order valence-electron chi connectivity index (χ0n) is 28.3. The van der Waals surface area contributed by atoms with Crippen molar-refractivity contribution in [1.82, 2.24) is 29.1 Å². The molecule has 3 heterocycles. The van der Waals surface area contributed by atoms with Gasteiger partial charge in [0.25, 0.3) is 0 Å². The molecule has 3 aromatic heterocycles. The summed E-state index contributed by atoms with van der Waals surface area (Å²) in [6.45, 7) is 32.2. The molecule has 0 atom stereocenters. The summed E-state index contributed by atoms with van der Waals surface area (Å²) in [5, 5.41) is 23.6. The first-order valence-corrected chi connectivity index (χ1v) is 15.2. The first-order valence-electron chi connectivity index (χ1n) is 15.2. The maximum atomic E-state index is 7.90.